The van der Waals surface area contributed by atoms with E-state index >= 15 is 0 Å². The maximum Gasteiger partial charge on any atom is 0.0780 e. The van der Waals surface area contributed by atoms with E-state index in [4.69, 9.17) is 12.2 Å². The average molecular weight is 203 g/mol. The predicted octanol–water partition coefficient (Wildman–Crippen LogP) is 2.55. The molecule has 1 atom stereocenters. The van der Waals surface area contributed by atoms with Crippen LogP contribution in [0.25, 0.3) is 0 Å². The van der Waals surface area contributed by atoms with Crippen LogP contribution in [0.15, 0.2) is 0 Å². The first kappa shape index (κ1) is 10.3. The largest absolute Gasteiger partial charge is 0.365 e. The summed E-state index contributed by atoms with van der Waals surface area (Å²) in [6.45, 7) is 6.84. The second kappa shape index (κ2) is 5.07. The van der Waals surface area contributed by atoms with Crippen LogP contribution in [-0.2, 0) is 0 Å². The van der Waals surface area contributed by atoms with Crippen molar-refractivity contribution >= 4 is 29.0 Å². The quantitative estimate of drug-likeness (QED) is 0.647. The molecule has 0 spiro atoms. The molecule has 1 heterocycles. The maximum atomic E-state index is 5.26. The molecule has 1 unspecified atom stereocenters. The lowest BCUT2D eigenvalue weighted by atomic mass is 10.4. The second-order valence-corrected chi connectivity index (χ2v) is 5.40. The lowest BCUT2D eigenvalue weighted by Crippen LogP contribution is -2.29. The molecule has 1 fully saturated rings. The van der Waals surface area contributed by atoms with Gasteiger partial charge in [0.2, 0.25) is 0 Å². The number of thiocarbonyl (C=S) groups is 1. The van der Waals surface area contributed by atoms with Gasteiger partial charge in [0.1, 0.15) is 0 Å². The Bertz CT molecular complexity index is 159. The van der Waals surface area contributed by atoms with Crippen molar-refractivity contribution in [1.82, 2.24) is 4.90 Å². The summed E-state index contributed by atoms with van der Waals surface area (Å²) in [5, 5.41) is 0.728. The van der Waals surface area contributed by atoms with E-state index in [0.717, 1.165) is 18.2 Å². The van der Waals surface area contributed by atoms with Crippen LogP contribution in [0.5, 0.6) is 0 Å². The fourth-order valence-electron chi connectivity index (χ4n) is 1.54. The molecule has 0 amide bonds. The van der Waals surface area contributed by atoms with Crippen LogP contribution in [0.1, 0.15) is 26.7 Å². The minimum Gasteiger partial charge on any atom is -0.365 e. The van der Waals surface area contributed by atoms with E-state index < -0.39 is 0 Å². The summed E-state index contributed by atoms with van der Waals surface area (Å²) in [7, 11) is 0. The van der Waals surface area contributed by atoms with Gasteiger partial charge in [-0.15, -0.1) is 0 Å². The van der Waals surface area contributed by atoms with Crippen molar-refractivity contribution in [2.75, 3.05) is 18.8 Å². The molecule has 0 radical (unpaired) electrons. The Balaban J connectivity index is 2.25. The number of nitrogens with zero attached hydrogens (tertiary/aromatic N) is 1. The maximum absolute atomic E-state index is 5.26. The number of hydrogen-bond acceptors (Lipinski definition) is 2. The van der Waals surface area contributed by atoms with E-state index in [1.807, 2.05) is 11.8 Å². The second-order valence-electron chi connectivity index (χ2n) is 3.21. The zero-order valence-corrected chi connectivity index (χ0v) is 9.51. The van der Waals surface area contributed by atoms with E-state index in [2.05, 4.69) is 18.7 Å². The fraction of sp³-hybridized carbons (Fsp3) is 0.889. The third-order valence-corrected chi connectivity index (χ3v) is 3.61. The van der Waals surface area contributed by atoms with Gasteiger partial charge in [-0.2, -0.15) is 11.8 Å². The highest BCUT2D eigenvalue weighted by atomic mass is 32.2. The van der Waals surface area contributed by atoms with Crippen LogP contribution in [-0.4, -0.2) is 34.0 Å². The molecule has 0 aromatic carbocycles. The smallest absolute Gasteiger partial charge is 0.0780 e. The van der Waals surface area contributed by atoms with Gasteiger partial charge in [0.05, 0.1) is 4.99 Å². The van der Waals surface area contributed by atoms with Gasteiger partial charge in [-0.1, -0.05) is 26.1 Å². The highest BCUT2D eigenvalue weighted by Crippen LogP contribution is 2.16. The number of rotatable bonds is 4. The van der Waals surface area contributed by atoms with E-state index in [0.29, 0.717) is 0 Å². The first-order chi connectivity index (χ1) is 5.74. The summed E-state index contributed by atoms with van der Waals surface area (Å²) >= 11 is 7.28. The number of hydrogen-bond donors (Lipinski definition) is 0. The first-order valence-electron chi connectivity index (χ1n) is 4.63. The molecule has 0 aliphatic carbocycles. The van der Waals surface area contributed by atoms with Crippen molar-refractivity contribution in [2.24, 2.45) is 0 Å². The van der Waals surface area contributed by atoms with Crippen molar-refractivity contribution in [2.45, 2.75) is 31.9 Å². The molecule has 0 aromatic heterocycles. The molecule has 0 saturated carbocycles. The van der Waals surface area contributed by atoms with E-state index in [-0.39, 0.29) is 0 Å². The Morgan fingerprint density at radius 1 is 1.67 bits per heavy atom. The molecular formula is C9H17NS2. The minimum absolute atomic E-state index is 0.728. The normalized spacial score (nSPS) is 20.2. The summed E-state index contributed by atoms with van der Waals surface area (Å²) in [5.74, 6) is 1.21. The molecule has 70 valence electrons. The van der Waals surface area contributed by atoms with Crippen molar-refractivity contribution in [1.29, 1.82) is 0 Å². The predicted molar refractivity (Wildman–Crippen MR) is 61.0 cm³/mol. The van der Waals surface area contributed by atoms with Crippen LogP contribution < -0.4 is 0 Å². The van der Waals surface area contributed by atoms with Gasteiger partial charge in [0.15, 0.2) is 0 Å². The van der Waals surface area contributed by atoms with Gasteiger partial charge in [-0.3, -0.25) is 0 Å². The van der Waals surface area contributed by atoms with Crippen LogP contribution in [0.3, 0.4) is 0 Å². The molecular weight excluding hydrogens is 186 g/mol. The Hall–Kier alpha value is 0.240. The fourth-order valence-corrected chi connectivity index (χ4v) is 2.71. The molecule has 3 heteroatoms. The molecule has 12 heavy (non-hydrogen) atoms. The van der Waals surface area contributed by atoms with E-state index in [1.165, 1.54) is 23.7 Å². The van der Waals surface area contributed by atoms with E-state index in [9.17, 15) is 0 Å². The topological polar surface area (TPSA) is 3.24 Å². The van der Waals surface area contributed by atoms with Crippen LogP contribution >= 0.6 is 24.0 Å². The third kappa shape index (κ3) is 2.94. The summed E-state index contributed by atoms with van der Waals surface area (Å²) in [4.78, 5) is 3.54. The number of thioether (sulfide) groups is 1. The third-order valence-electron chi connectivity index (χ3n) is 2.10. The van der Waals surface area contributed by atoms with Crippen molar-refractivity contribution in [3.8, 4) is 0 Å². The molecule has 1 saturated heterocycles. The highest BCUT2D eigenvalue weighted by Gasteiger charge is 2.18. The molecule has 0 aromatic rings. The van der Waals surface area contributed by atoms with Crippen LogP contribution in [0.2, 0.25) is 0 Å². The molecule has 1 aliphatic heterocycles. The van der Waals surface area contributed by atoms with Crippen LogP contribution in [0, 0.1) is 0 Å². The summed E-state index contributed by atoms with van der Waals surface area (Å²) in [5.41, 5.74) is 0. The summed E-state index contributed by atoms with van der Waals surface area (Å²) in [6, 6.07) is 0. The van der Waals surface area contributed by atoms with Crippen molar-refractivity contribution in [3.63, 3.8) is 0 Å². The standard InChI is InChI=1S/C9H17NS2/c1-3-12-8(2)7-10-6-4-5-9(10)11/h8H,3-7H2,1-2H3. The highest BCUT2D eigenvalue weighted by molar-refractivity contribution is 7.99. The average Bonchev–Trinajstić information content (AvgIpc) is 2.37. The zero-order valence-electron chi connectivity index (χ0n) is 7.88. The van der Waals surface area contributed by atoms with Crippen molar-refractivity contribution in [3.05, 3.63) is 0 Å². The van der Waals surface area contributed by atoms with Gasteiger partial charge < -0.3 is 4.90 Å². The Kier molecular flexibility index (Phi) is 4.36. The van der Waals surface area contributed by atoms with Gasteiger partial charge in [0.25, 0.3) is 0 Å². The monoisotopic (exact) mass is 203 g/mol. The SMILES string of the molecule is CCSC(C)CN1CCCC1=S. The number of likely N-dealkylation sites (tertiary alicyclic amines) is 1. The molecule has 1 rings (SSSR count). The lowest BCUT2D eigenvalue weighted by Gasteiger charge is -2.21. The molecule has 0 N–H and O–H groups in total. The minimum atomic E-state index is 0.728. The molecule has 1 aliphatic rings. The van der Waals surface area contributed by atoms with Gasteiger partial charge in [0, 0.05) is 18.3 Å². The Labute approximate surface area is 84.9 Å². The Morgan fingerprint density at radius 2 is 2.42 bits per heavy atom. The summed E-state index contributed by atoms with van der Waals surface area (Å²) in [6.07, 6.45) is 2.40. The zero-order chi connectivity index (χ0) is 8.97. The van der Waals surface area contributed by atoms with Gasteiger partial charge in [-0.05, 0) is 18.6 Å². The lowest BCUT2D eigenvalue weighted by molar-refractivity contribution is 0.463. The van der Waals surface area contributed by atoms with Crippen molar-refractivity contribution < 1.29 is 0 Å². The van der Waals surface area contributed by atoms with Crippen LogP contribution in [0.4, 0.5) is 0 Å². The summed E-state index contributed by atoms with van der Waals surface area (Å²) < 4.78 is 0. The molecule has 0 bridgehead atoms. The first-order valence-corrected chi connectivity index (χ1v) is 6.09. The van der Waals surface area contributed by atoms with Gasteiger partial charge >= 0.3 is 0 Å². The molecule has 1 nitrogen and oxygen atoms in total. The Morgan fingerprint density at radius 3 is 2.92 bits per heavy atom. The van der Waals surface area contributed by atoms with Gasteiger partial charge in [-0.25, -0.2) is 0 Å². The van der Waals surface area contributed by atoms with E-state index in [1.54, 1.807) is 0 Å².